The zero-order valence-electron chi connectivity index (χ0n) is 6.25. The quantitative estimate of drug-likeness (QED) is 0.561. The van der Waals surface area contributed by atoms with Gasteiger partial charge in [-0.3, -0.25) is 0 Å². The van der Waals surface area contributed by atoms with E-state index in [0.29, 0.717) is 6.10 Å². The summed E-state index contributed by atoms with van der Waals surface area (Å²) >= 11 is 0. The molecule has 2 nitrogen and oxygen atoms in total. The van der Waals surface area contributed by atoms with Gasteiger partial charge in [-0.1, -0.05) is 6.42 Å². The van der Waals surface area contributed by atoms with E-state index in [9.17, 15) is 0 Å². The number of rotatable bonds is 1. The van der Waals surface area contributed by atoms with Crippen molar-refractivity contribution in [2.45, 2.75) is 38.2 Å². The van der Waals surface area contributed by atoms with Gasteiger partial charge in [0, 0.05) is 0 Å². The van der Waals surface area contributed by atoms with Gasteiger partial charge in [-0.2, -0.15) is 0 Å². The van der Waals surface area contributed by atoms with Crippen LogP contribution >= 0.6 is 0 Å². The summed E-state index contributed by atoms with van der Waals surface area (Å²) < 4.78 is 0. The molecule has 2 saturated carbocycles. The van der Waals surface area contributed by atoms with Gasteiger partial charge in [0.1, 0.15) is 0 Å². The van der Waals surface area contributed by atoms with E-state index < -0.39 is 0 Å². The summed E-state index contributed by atoms with van der Waals surface area (Å²) in [5.74, 6) is 6.97. The molecule has 3 unspecified atom stereocenters. The molecule has 0 amide bonds. The molecule has 0 aromatic heterocycles. The monoisotopic (exact) mass is 141 g/mol. The molecule has 0 heterocycles. The van der Waals surface area contributed by atoms with Gasteiger partial charge < -0.3 is 4.84 Å². The maximum absolute atomic E-state index is 5.19. The van der Waals surface area contributed by atoms with E-state index in [-0.39, 0.29) is 0 Å². The Bertz CT molecular complexity index is 124. The van der Waals surface area contributed by atoms with E-state index in [2.05, 4.69) is 0 Å². The van der Waals surface area contributed by atoms with E-state index in [4.69, 9.17) is 10.7 Å². The summed E-state index contributed by atoms with van der Waals surface area (Å²) in [6.07, 6.45) is 7.11. The van der Waals surface area contributed by atoms with Gasteiger partial charge in [-0.05, 0) is 37.5 Å². The molecule has 2 aliphatic carbocycles. The Hall–Kier alpha value is -0.0800. The van der Waals surface area contributed by atoms with Crippen LogP contribution in [0.15, 0.2) is 0 Å². The Kier molecular flexibility index (Phi) is 1.66. The zero-order valence-corrected chi connectivity index (χ0v) is 6.25. The highest BCUT2D eigenvalue weighted by molar-refractivity contribution is 4.89. The molecule has 0 spiro atoms. The third kappa shape index (κ3) is 0.867. The molecule has 2 aliphatic rings. The summed E-state index contributed by atoms with van der Waals surface area (Å²) in [6, 6.07) is 0. The van der Waals surface area contributed by atoms with E-state index in [1.54, 1.807) is 0 Å². The Morgan fingerprint density at radius 1 is 1.10 bits per heavy atom. The predicted octanol–water partition coefficient (Wildman–Crippen LogP) is 1.46. The molecule has 0 bridgehead atoms. The van der Waals surface area contributed by atoms with Gasteiger partial charge in [-0.25, -0.2) is 5.90 Å². The van der Waals surface area contributed by atoms with Crippen molar-refractivity contribution < 1.29 is 4.84 Å². The van der Waals surface area contributed by atoms with Crippen LogP contribution < -0.4 is 5.90 Å². The van der Waals surface area contributed by atoms with Crippen LogP contribution in [-0.2, 0) is 4.84 Å². The lowest BCUT2D eigenvalue weighted by atomic mass is 9.64. The predicted molar refractivity (Wildman–Crippen MR) is 39.1 cm³/mol. The van der Waals surface area contributed by atoms with Crippen molar-refractivity contribution in [3.63, 3.8) is 0 Å². The SMILES string of the molecule is NOC1CCCC2CCC21. The van der Waals surface area contributed by atoms with Crippen molar-refractivity contribution in [2.75, 3.05) is 0 Å². The normalized spacial score (nSPS) is 45.9. The molecule has 2 rings (SSSR count). The molecule has 0 saturated heterocycles. The molecule has 0 aromatic rings. The fourth-order valence-electron chi connectivity index (χ4n) is 2.41. The van der Waals surface area contributed by atoms with Gasteiger partial charge >= 0.3 is 0 Å². The minimum atomic E-state index is 0.396. The Morgan fingerprint density at radius 2 is 2.00 bits per heavy atom. The van der Waals surface area contributed by atoms with Crippen LogP contribution in [0, 0.1) is 11.8 Å². The number of hydrogen-bond donors (Lipinski definition) is 1. The van der Waals surface area contributed by atoms with Crippen molar-refractivity contribution in [1.29, 1.82) is 0 Å². The summed E-state index contributed by atoms with van der Waals surface area (Å²) in [5.41, 5.74) is 0. The van der Waals surface area contributed by atoms with Crippen LogP contribution in [0.1, 0.15) is 32.1 Å². The van der Waals surface area contributed by atoms with E-state index in [0.717, 1.165) is 11.8 Å². The second-order valence-corrected chi connectivity index (χ2v) is 3.61. The van der Waals surface area contributed by atoms with E-state index >= 15 is 0 Å². The van der Waals surface area contributed by atoms with Crippen LogP contribution in [0.5, 0.6) is 0 Å². The van der Waals surface area contributed by atoms with Crippen LogP contribution in [-0.4, -0.2) is 6.10 Å². The Labute approximate surface area is 61.7 Å². The first-order chi connectivity index (χ1) is 4.92. The molecular formula is C8H15NO. The highest BCUT2D eigenvalue weighted by atomic mass is 16.6. The topological polar surface area (TPSA) is 35.2 Å². The van der Waals surface area contributed by atoms with Crippen LogP contribution in [0.2, 0.25) is 0 Å². The van der Waals surface area contributed by atoms with Gasteiger partial charge in [0.05, 0.1) is 6.10 Å². The standard InChI is InChI=1S/C8H15NO/c9-10-8-3-1-2-6-4-5-7(6)8/h6-8H,1-5,9H2. The Morgan fingerprint density at radius 3 is 2.50 bits per heavy atom. The van der Waals surface area contributed by atoms with Crippen molar-refractivity contribution in [3.8, 4) is 0 Å². The smallest absolute Gasteiger partial charge is 0.0818 e. The maximum Gasteiger partial charge on any atom is 0.0818 e. The van der Waals surface area contributed by atoms with Crippen molar-refractivity contribution in [1.82, 2.24) is 0 Å². The lowest BCUT2D eigenvalue weighted by Gasteiger charge is -2.44. The third-order valence-electron chi connectivity index (χ3n) is 3.19. The number of hydrogen-bond acceptors (Lipinski definition) is 2. The zero-order chi connectivity index (χ0) is 6.97. The fourth-order valence-corrected chi connectivity index (χ4v) is 2.41. The first-order valence-electron chi connectivity index (χ1n) is 4.27. The van der Waals surface area contributed by atoms with Crippen molar-refractivity contribution in [3.05, 3.63) is 0 Å². The molecule has 3 atom stereocenters. The number of nitrogens with two attached hydrogens (primary N) is 1. The average molecular weight is 141 g/mol. The fraction of sp³-hybridized carbons (Fsp3) is 1.00. The molecule has 2 fully saturated rings. The van der Waals surface area contributed by atoms with Gasteiger partial charge in [0.2, 0.25) is 0 Å². The largest absolute Gasteiger partial charge is 0.301 e. The minimum absolute atomic E-state index is 0.396. The summed E-state index contributed by atoms with van der Waals surface area (Å²) in [7, 11) is 0. The molecule has 10 heavy (non-hydrogen) atoms. The van der Waals surface area contributed by atoms with Crippen LogP contribution in [0.3, 0.4) is 0 Å². The second-order valence-electron chi connectivity index (χ2n) is 3.61. The van der Waals surface area contributed by atoms with Gasteiger partial charge in [0.25, 0.3) is 0 Å². The first-order valence-corrected chi connectivity index (χ1v) is 4.27. The summed E-state index contributed by atoms with van der Waals surface area (Å²) in [4.78, 5) is 4.93. The molecule has 0 aliphatic heterocycles. The Balaban J connectivity index is 1.94. The first kappa shape index (κ1) is 6.62. The molecule has 58 valence electrons. The van der Waals surface area contributed by atoms with Crippen molar-refractivity contribution in [2.24, 2.45) is 17.7 Å². The average Bonchev–Trinajstić information content (AvgIpc) is 1.91. The van der Waals surface area contributed by atoms with Crippen LogP contribution in [0.4, 0.5) is 0 Å². The lowest BCUT2D eigenvalue weighted by molar-refractivity contribution is -0.0732. The highest BCUT2D eigenvalue weighted by Gasteiger charge is 2.39. The molecule has 0 radical (unpaired) electrons. The summed E-state index contributed by atoms with van der Waals surface area (Å²) in [6.45, 7) is 0. The molecule has 2 heteroatoms. The molecular weight excluding hydrogens is 126 g/mol. The lowest BCUT2D eigenvalue weighted by Crippen LogP contribution is -2.42. The van der Waals surface area contributed by atoms with Gasteiger partial charge in [0.15, 0.2) is 0 Å². The molecule has 2 N–H and O–H groups in total. The van der Waals surface area contributed by atoms with Crippen LogP contribution in [0.25, 0.3) is 0 Å². The second kappa shape index (κ2) is 2.51. The van der Waals surface area contributed by atoms with E-state index in [1.807, 2.05) is 0 Å². The number of fused-ring (bicyclic) bond motifs is 1. The molecule has 0 aromatic carbocycles. The van der Waals surface area contributed by atoms with E-state index in [1.165, 1.54) is 32.1 Å². The minimum Gasteiger partial charge on any atom is -0.301 e. The third-order valence-corrected chi connectivity index (χ3v) is 3.19. The summed E-state index contributed by atoms with van der Waals surface area (Å²) in [5, 5.41) is 0. The maximum atomic E-state index is 5.19. The van der Waals surface area contributed by atoms with Gasteiger partial charge in [-0.15, -0.1) is 0 Å². The highest BCUT2D eigenvalue weighted by Crippen LogP contribution is 2.45. The van der Waals surface area contributed by atoms with Crippen molar-refractivity contribution >= 4 is 0 Å².